The standard InChI is InChI=1S/C6H16OSi2.K.H/c1-8-9-6-4-2-3-5-7-6;;/h6H,2-5,8-9H2,1H3;;. The van der Waals surface area contributed by atoms with Gasteiger partial charge in [0.05, 0.1) is 0 Å². The molecule has 0 radical (unpaired) electrons. The van der Waals surface area contributed by atoms with Gasteiger partial charge in [-0.25, -0.2) is 0 Å². The quantitative estimate of drug-likeness (QED) is 0.529. The molecule has 0 N–H and O–H groups in total. The summed E-state index contributed by atoms with van der Waals surface area (Å²) in [7, 11) is 0.676. The van der Waals surface area contributed by atoms with Crippen LogP contribution in [-0.2, 0) is 4.74 Å². The summed E-state index contributed by atoms with van der Waals surface area (Å²) in [5.41, 5.74) is 0.801. The van der Waals surface area contributed by atoms with Crippen LogP contribution in [0.2, 0.25) is 6.55 Å². The molecular weight excluding hydrogens is 183 g/mol. The molecule has 1 nitrogen and oxygen atoms in total. The van der Waals surface area contributed by atoms with Gasteiger partial charge in [-0.3, -0.25) is 0 Å². The van der Waals surface area contributed by atoms with Gasteiger partial charge in [-0.15, -0.1) is 0 Å². The zero-order valence-electron chi connectivity index (χ0n) is 6.23. The normalized spacial score (nSPS) is 27.9. The first-order valence-electron chi connectivity index (χ1n) is 4.05. The molecule has 0 bridgehead atoms. The van der Waals surface area contributed by atoms with E-state index in [0.717, 1.165) is 12.3 Å². The van der Waals surface area contributed by atoms with E-state index in [9.17, 15) is 0 Å². The minimum absolute atomic E-state index is 0. The van der Waals surface area contributed by atoms with E-state index in [-0.39, 0.29) is 51.4 Å². The summed E-state index contributed by atoms with van der Waals surface area (Å²) in [5.74, 6) is 0. The predicted molar refractivity (Wildman–Crippen MR) is 53.7 cm³/mol. The maximum atomic E-state index is 5.61. The molecule has 10 heavy (non-hydrogen) atoms. The summed E-state index contributed by atoms with van der Waals surface area (Å²) in [6, 6.07) is 0. The van der Waals surface area contributed by atoms with Gasteiger partial charge >= 0.3 is 51.4 Å². The molecule has 1 unspecified atom stereocenters. The number of hydrogen-bond acceptors (Lipinski definition) is 1. The average molecular weight is 200 g/mol. The van der Waals surface area contributed by atoms with Crippen molar-refractivity contribution >= 4 is 69.5 Å². The molecule has 1 heterocycles. The van der Waals surface area contributed by atoms with Crippen LogP contribution >= 0.6 is 0 Å². The van der Waals surface area contributed by atoms with E-state index in [4.69, 9.17) is 4.74 Å². The van der Waals surface area contributed by atoms with Gasteiger partial charge < -0.3 is 4.74 Å². The molecule has 1 aliphatic heterocycles. The van der Waals surface area contributed by atoms with E-state index in [2.05, 4.69) is 6.55 Å². The predicted octanol–water partition coefficient (Wildman–Crippen LogP) is -0.835. The summed E-state index contributed by atoms with van der Waals surface area (Å²) in [4.78, 5) is 0. The summed E-state index contributed by atoms with van der Waals surface area (Å²) >= 11 is 0. The van der Waals surface area contributed by atoms with Gasteiger partial charge in [0.1, 0.15) is 0 Å². The Balaban J connectivity index is 0.000000810. The van der Waals surface area contributed by atoms with Crippen molar-refractivity contribution in [3.63, 3.8) is 0 Å². The molecule has 56 valence electrons. The van der Waals surface area contributed by atoms with Crippen molar-refractivity contribution in [1.29, 1.82) is 0 Å². The number of ether oxygens (including phenoxy) is 1. The van der Waals surface area contributed by atoms with E-state index in [1.165, 1.54) is 19.3 Å². The number of hydrogen-bond donors (Lipinski definition) is 0. The fourth-order valence-electron chi connectivity index (χ4n) is 1.36. The molecule has 0 aliphatic carbocycles. The Hall–Kier alpha value is 2.03. The van der Waals surface area contributed by atoms with Crippen LogP contribution in [0.4, 0.5) is 0 Å². The Labute approximate surface area is 111 Å². The van der Waals surface area contributed by atoms with Gasteiger partial charge in [0.25, 0.3) is 0 Å². The van der Waals surface area contributed by atoms with Crippen LogP contribution in [0.1, 0.15) is 19.3 Å². The van der Waals surface area contributed by atoms with Crippen molar-refractivity contribution in [2.45, 2.75) is 31.5 Å². The third-order valence-electron chi connectivity index (χ3n) is 1.88. The molecular formula is C6H17KOSi2. The molecule has 1 rings (SSSR count). The van der Waals surface area contributed by atoms with Crippen molar-refractivity contribution in [2.24, 2.45) is 0 Å². The molecule has 1 atom stereocenters. The van der Waals surface area contributed by atoms with Gasteiger partial charge in [0.2, 0.25) is 0 Å². The molecule has 0 spiro atoms. The van der Waals surface area contributed by atoms with Gasteiger partial charge in [-0.05, 0) is 19.3 Å². The monoisotopic (exact) mass is 200 g/mol. The Morgan fingerprint density at radius 1 is 1.40 bits per heavy atom. The molecule has 4 heteroatoms. The third kappa shape index (κ3) is 4.82. The van der Waals surface area contributed by atoms with Crippen molar-refractivity contribution < 1.29 is 4.74 Å². The SMILES string of the molecule is C[SiH2][SiH2]C1CCCCO1.[KH]. The van der Waals surface area contributed by atoms with Crippen LogP contribution in [0.25, 0.3) is 0 Å². The topological polar surface area (TPSA) is 9.23 Å². The second kappa shape index (κ2) is 7.67. The molecule has 0 aromatic carbocycles. The molecule has 0 aromatic rings. The Kier molecular flexibility index (Phi) is 9.22. The van der Waals surface area contributed by atoms with Gasteiger partial charge in [0, 0.05) is 30.4 Å². The molecule has 0 amide bonds. The van der Waals surface area contributed by atoms with Crippen LogP contribution in [0, 0.1) is 0 Å². The summed E-state index contributed by atoms with van der Waals surface area (Å²) in [6.07, 6.45) is 4.15. The zero-order valence-corrected chi connectivity index (χ0v) is 9.06. The summed E-state index contributed by atoms with van der Waals surface area (Å²) in [6.45, 7) is 3.48. The van der Waals surface area contributed by atoms with Gasteiger partial charge in [-0.1, -0.05) is 6.55 Å². The van der Waals surface area contributed by atoms with E-state index in [1.807, 2.05) is 0 Å². The fourth-order valence-corrected chi connectivity index (χ4v) is 6.21. The van der Waals surface area contributed by atoms with Crippen molar-refractivity contribution in [2.75, 3.05) is 6.61 Å². The Morgan fingerprint density at radius 3 is 2.70 bits per heavy atom. The van der Waals surface area contributed by atoms with Crippen LogP contribution in [0.15, 0.2) is 0 Å². The molecule has 1 aliphatic rings. The van der Waals surface area contributed by atoms with E-state index in [0.29, 0.717) is 18.1 Å². The van der Waals surface area contributed by atoms with Crippen molar-refractivity contribution in [3.8, 4) is 0 Å². The Bertz CT molecular complexity index is 73.4. The van der Waals surface area contributed by atoms with Crippen molar-refractivity contribution in [3.05, 3.63) is 0 Å². The second-order valence-corrected chi connectivity index (χ2v) is 10.00. The third-order valence-corrected chi connectivity index (χ3v) is 7.41. The molecule has 0 aromatic heterocycles. The maximum absolute atomic E-state index is 5.61. The summed E-state index contributed by atoms with van der Waals surface area (Å²) in [5, 5.41) is 0. The van der Waals surface area contributed by atoms with Gasteiger partial charge in [0.15, 0.2) is 0 Å². The van der Waals surface area contributed by atoms with Crippen LogP contribution in [0.5, 0.6) is 0 Å². The fraction of sp³-hybridized carbons (Fsp3) is 1.00. The van der Waals surface area contributed by atoms with Crippen LogP contribution < -0.4 is 0 Å². The second-order valence-electron chi connectivity index (χ2n) is 2.78. The molecule has 1 saturated heterocycles. The van der Waals surface area contributed by atoms with E-state index >= 15 is 0 Å². The van der Waals surface area contributed by atoms with Crippen LogP contribution in [-0.4, -0.2) is 81.8 Å². The van der Waals surface area contributed by atoms with Crippen LogP contribution in [0.3, 0.4) is 0 Å². The first kappa shape index (κ1) is 12.0. The van der Waals surface area contributed by atoms with E-state index < -0.39 is 0 Å². The molecule has 1 fully saturated rings. The Morgan fingerprint density at radius 2 is 2.20 bits per heavy atom. The van der Waals surface area contributed by atoms with Gasteiger partial charge in [-0.2, -0.15) is 0 Å². The zero-order chi connectivity index (χ0) is 6.53. The van der Waals surface area contributed by atoms with E-state index in [1.54, 1.807) is 0 Å². The van der Waals surface area contributed by atoms with Crippen molar-refractivity contribution in [1.82, 2.24) is 0 Å². The first-order valence-corrected chi connectivity index (χ1v) is 10.3. The first-order chi connectivity index (χ1) is 4.43. The summed E-state index contributed by atoms with van der Waals surface area (Å²) < 4.78 is 5.61. The number of rotatable bonds is 2. The molecule has 0 saturated carbocycles. The minimum atomic E-state index is 0. The average Bonchev–Trinajstić information content (AvgIpc) is 1.91.